The van der Waals surface area contributed by atoms with Crippen LogP contribution in [0.1, 0.15) is 12.8 Å². The van der Waals surface area contributed by atoms with Gasteiger partial charge in [-0.15, -0.1) is 0 Å². The van der Waals surface area contributed by atoms with E-state index in [0.29, 0.717) is 6.04 Å². The lowest BCUT2D eigenvalue weighted by atomic mass is 10.1. The fourth-order valence-electron chi connectivity index (χ4n) is 2.88. The molecule has 1 atom stereocenters. The quantitative estimate of drug-likeness (QED) is 0.928. The van der Waals surface area contributed by atoms with Crippen molar-refractivity contribution in [3.63, 3.8) is 0 Å². The van der Waals surface area contributed by atoms with Gasteiger partial charge in [0, 0.05) is 24.2 Å². The van der Waals surface area contributed by atoms with Gasteiger partial charge in [-0.1, -0.05) is 0 Å². The Morgan fingerprint density at radius 1 is 1.40 bits per heavy atom. The maximum atomic E-state index is 5.27. The summed E-state index contributed by atoms with van der Waals surface area (Å²) in [7, 11) is 3.89. The summed E-state index contributed by atoms with van der Waals surface area (Å²) in [5, 5.41) is 5.81. The second kappa shape index (κ2) is 5.67. The topological polar surface area (TPSA) is 37.4 Å². The third-order valence-corrected chi connectivity index (χ3v) is 4.15. The summed E-state index contributed by atoms with van der Waals surface area (Å²) in [5.41, 5.74) is 0. The summed E-state index contributed by atoms with van der Waals surface area (Å²) in [5.74, 6) is 1.84. The van der Waals surface area contributed by atoms with Gasteiger partial charge < -0.3 is 15.0 Å². The minimum absolute atomic E-state index is 0.616. The Labute approximate surface area is 119 Å². The van der Waals surface area contributed by atoms with E-state index >= 15 is 0 Å². The molecule has 1 aromatic carbocycles. The monoisotopic (exact) mass is 271 g/mol. The lowest BCUT2D eigenvalue weighted by Gasteiger charge is -2.20. The number of anilines is 1. The summed E-state index contributed by atoms with van der Waals surface area (Å²) in [4.78, 5) is 6.90. The molecule has 1 unspecified atom stereocenters. The second-order valence-electron chi connectivity index (χ2n) is 5.40. The molecule has 1 aromatic heterocycles. The van der Waals surface area contributed by atoms with Gasteiger partial charge in [-0.2, -0.15) is 0 Å². The predicted octanol–water partition coefficient (Wildman–Crippen LogP) is 2.75. The average Bonchev–Trinajstić information content (AvgIpc) is 2.89. The number of methoxy groups -OCH3 is 1. The Kier molecular flexibility index (Phi) is 3.74. The van der Waals surface area contributed by atoms with E-state index < -0.39 is 0 Å². The van der Waals surface area contributed by atoms with E-state index in [2.05, 4.69) is 28.3 Å². The van der Waals surface area contributed by atoms with Crippen LogP contribution in [0.4, 0.5) is 5.82 Å². The smallest absolute Gasteiger partial charge is 0.133 e. The molecule has 1 aliphatic heterocycles. The molecule has 0 spiro atoms. The van der Waals surface area contributed by atoms with E-state index in [-0.39, 0.29) is 0 Å². The zero-order valence-corrected chi connectivity index (χ0v) is 12.1. The molecule has 0 radical (unpaired) electrons. The number of pyridine rings is 1. The molecule has 4 heteroatoms. The standard InChI is InChI=1S/C16H21N3O/c1-19-9-3-4-13(19)11-18-16-15-6-5-14(20-2)10-12(15)7-8-17-16/h5-8,10,13H,3-4,9,11H2,1-2H3,(H,17,18). The fraction of sp³-hybridized carbons (Fsp3) is 0.438. The first-order valence-electron chi connectivity index (χ1n) is 7.15. The van der Waals surface area contributed by atoms with Crippen molar-refractivity contribution in [1.82, 2.24) is 9.88 Å². The van der Waals surface area contributed by atoms with Gasteiger partial charge in [0.05, 0.1) is 7.11 Å². The molecule has 1 aliphatic rings. The molecular weight excluding hydrogens is 250 g/mol. The molecule has 2 heterocycles. The summed E-state index contributed by atoms with van der Waals surface area (Å²) in [6, 6.07) is 8.73. The minimum Gasteiger partial charge on any atom is -0.497 e. The Morgan fingerprint density at radius 3 is 3.05 bits per heavy atom. The number of likely N-dealkylation sites (tertiary alicyclic amines) is 1. The minimum atomic E-state index is 0.616. The maximum Gasteiger partial charge on any atom is 0.133 e. The second-order valence-corrected chi connectivity index (χ2v) is 5.40. The number of benzene rings is 1. The Hall–Kier alpha value is -1.81. The van der Waals surface area contributed by atoms with Crippen molar-refractivity contribution in [1.29, 1.82) is 0 Å². The van der Waals surface area contributed by atoms with Crippen molar-refractivity contribution in [2.24, 2.45) is 0 Å². The van der Waals surface area contributed by atoms with E-state index in [0.717, 1.165) is 28.9 Å². The van der Waals surface area contributed by atoms with Crippen molar-refractivity contribution in [3.8, 4) is 5.75 Å². The van der Waals surface area contributed by atoms with Gasteiger partial charge in [-0.25, -0.2) is 4.98 Å². The van der Waals surface area contributed by atoms with Crippen LogP contribution in [0.5, 0.6) is 5.75 Å². The van der Waals surface area contributed by atoms with E-state index in [9.17, 15) is 0 Å². The highest BCUT2D eigenvalue weighted by atomic mass is 16.5. The fourth-order valence-corrected chi connectivity index (χ4v) is 2.88. The highest BCUT2D eigenvalue weighted by Crippen LogP contribution is 2.25. The van der Waals surface area contributed by atoms with Gasteiger partial charge in [-0.3, -0.25) is 0 Å². The van der Waals surface area contributed by atoms with E-state index in [1.165, 1.54) is 19.4 Å². The molecule has 1 saturated heterocycles. The van der Waals surface area contributed by atoms with Crippen molar-refractivity contribution in [2.45, 2.75) is 18.9 Å². The van der Waals surface area contributed by atoms with Crippen LogP contribution in [0.15, 0.2) is 30.5 Å². The SMILES string of the molecule is COc1ccc2c(NCC3CCCN3C)nccc2c1. The molecular formula is C16H21N3O. The van der Waals surface area contributed by atoms with E-state index in [1.807, 2.05) is 24.4 Å². The van der Waals surface area contributed by atoms with Gasteiger partial charge in [-0.05, 0) is 56.1 Å². The highest BCUT2D eigenvalue weighted by Gasteiger charge is 2.20. The molecule has 1 N–H and O–H groups in total. The lowest BCUT2D eigenvalue weighted by molar-refractivity contribution is 0.322. The number of nitrogens with one attached hydrogen (secondary N) is 1. The van der Waals surface area contributed by atoms with Crippen LogP contribution in [0.3, 0.4) is 0 Å². The summed E-state index contributed by atoms with van der Waals surface area (Å²) < 4.78 is 5.27. The number of ether oxygens (including phenoxy) is 1. The molecule has 1 fully saturated rings. The number of hydrogen-bond donors (Lipinski definition) is 1. The average molecular weight is 271 g/mol. The molecule has 20 heavy (non-hydrogen) atoms. The lowest BCUT2D eigenvalue weighted by Crippen LogP contribution is -2.31. The van der Waals surface area contributed by atoms with Crippen LogP contribution in [0, 0.1) is 0 Å². The van der Waals surface area contributed by atoms with Gasteiger partial charge in [0.1, 0.15) is 11.6 Å². The van der Waals surface area contributed by atoms with Crippen molar-refractivity contribution in [2.75, 3.05) is 32.6 Å². The summed E-state index contributed by atoms with van der Waals surface area (Å²) in [6.07, 6.45) is 4.41. The molecule has 3 rings (SSSR count). The Bertz CT molecular complexity index is 599. The van der Waals surface area contributed by atoms with E-state index in [4.69, 9.17) is 4.74 Å². The first kappa shape index (κ1) is 13.2. The first-order chi connectivity index (χ1) is 9.78. The van der Waals surface area contributed by atoms with Gasteiger partial charge in [0.2, 0.25) is 0 Å². The third-order valence-electron chi connectivity index (χ3n) is 4.15. The molecule has 0 bridgehead atoms. The zero-order valence-electron chi connectivity index (χ0n) is 12.1. The van der Waals surface area contributed by atoms with Crippen LogP contribution < -0.4 is 10.1 Å². The third kappa shape index (κ3) is 2.56. The molecule has 2 aromatic rings. The van der Waals surface area contributed by atoms with Gasteiger partial charge >= 0.3 is 0 Å². The van der Waals surface area contributed by atoms with Crippen molar-refractivity contribution < 1.29 is 4.74 Å². The van der Waals surface area contributed by atoms with Crippen molar-refractivity contribution >= 4 is 16.6 Å². The largest absolute Gasteiger partial charge is 0.497 e. The van der Waals surface area contributed by atoms with E-state index in [1.54, 1.807) is 7.11 Å². The summed E-state index contributed by atoms with van der Waals surface area (Å²) in [6.45, 7) is 2.15. The number of likely N-dealkylation sites (N-methyl/N-ethyl adjacent to an activating group) is 1. The number of fused-ring (bicyclic) bond motifs is 1. The normalized spacial score (nSPS) is 19.4. The molecule has 4 nitrogen and oxygen atoms in total. The maximum absolute atomic E-state index is 5.27. The van der Waals surface area contributed by atoms with Gasteiger partial charge in [0.25, 0.3) is 0 Å². The van der Waals surface area contributed by atoms with Crippen LogP contribution in [-0.2, 0) is 0 Å². The van der Waals surface area contributed by atoms with Gasteiger partial charge in [0.15, 0.2) is 0 Å². The van der Waals surface area contributed by atoms with Crippen LogP contribution in [0.25, 0.3) is 10.8 Å². The Morgan fingerprint density at radius 2 is 2.30 bits per heavy atom. The zero-order chi connectivity index (χ0) is 13.9. The molecule has 0 aliphatic carbocycles. The Balaban J connectivity index is 1.80. The number of hydrogen-bond acceptors (Lipinski definition) is 4. The highest BCUT2D eigenvalue weighted by molar-refractivity contribution is 5.92. The van der Waals surface area contributed by atoms with Crippen LogP contribution in [-0.4, -0.2) is 43.2 Å². The number of nitrogens with zero attached hydrogens (tertiary/aromatic N) is 2. The predicted molar refractivity (Wildman–Crippen MR) is 82.4 cm³/mol. The number of rotatable bonds is 4. The number of aromatic nitrogens is 1. The van der Waals surface area contributed by atoms with Crippen LogP contribution >= 0.6 is 0 Å². The van der Waals surface area contributed by atoms with Crippen molar-refractivity contribution in [3.05, 3.63) is 30.5 Å². The van der Waals surface area contributed by atoms with Crippen LogP contribution in [0.2, 0.25) is 0 Å². The summed E-state index contributed by atoms with van der Waals surface area (Å²) >= 11 is 0. The first-order valence-corrected chi connectivity index (χ1v) is 7.15. The molecule has 0 amide bonds. The molecule has 106 valence electrons. The molecule has 0 saturated carbocycles.